The maximum atomic E-state index is 13.7. The van der Waals surface area contributed by atoms with Crippen LogP contribution in [0.4, 0.5) is 4.39 Å². The van der Waals surface area contributed by atoms with Gasteiger partial charge < -0.3 is 24.2 Å². The highest BCUT2D eigenvalue weighted by Crippen LogP contribution is 2.45. The van der Waals surface area contributed by atoms with Crippen molar-refractivity contribution in [2.75, 3.05) is 20.8 Å². The number of fused-ring (bicyclic) bond motifs is 2. The molecular formula is C32H33FN2O5. The van der Waals surface area contributed by atoms with E-state index >= 15 is 0 Å². The Morgan fingerprint density at radius 2 is 1.68 bits per heavy atom. The average Bonchev–Trinajstić information content (AvgIpc) is 3.26. The van der Waals surface area contributed by atoms with Crippen LogP contribution in [0.1, 0.15) is 52.9 Å². The number of amides is 1. The van der Waals surface area contributed by atoms with Crippen LogP contribution in [0.15, 0.2) is 60.8 Å². The van der Waals surface area contributed by atoms with Crippen LogP contribution in [0.25, 0.3) is 10.9 Å². The highest BCUT2D eigenvalue weighted by Gasteiger charge is 2.37. The summed E-state index contributed by atoms with van der Waals surface area (Å²) in [5.74, 6) is 1.27. The molecule has 8 heteroatoms. The summed E-state index contributed by atoms with van der Waals surface area (Å²) in [6, 6.07) is 15.9. The molecule has 0 fully saturated rings. The topological polar surface area (TPSA) is 81.1 Å². The predicted molar refractivity (Wildman–Crippen MR) is 150 cm³/mol. The fourth-order valence-corrected chi connectivity index (χ4v) is 4.97. The molecular weight excluding hydrogens is 511 g/mol. The van der Waals surface area contributed by atoms with Crippen molar-refractivity contribution >= 4 is 16.8 Å². The maximum absolute atomic E-state index is 13.7. The molecule has 0 saturated carbocycles. The quantitative estimate of drug-likeness (QED) is 0.277. The first-order valence-corrected chi connectivity index (χ1v) is 13.2. The summed E-state index contributed by atoms with van der Waals surface area (Å²) >= 11 is 0. The number of halogens is 1. The minimum absolute atomic E-state index is 0.179. The normalized spacial score (nSPS) is 13.1. The van der Waals surface area contributed by atoms with Crippen LogP contribution in [0.3, 0.4) is 0 Å². The molecule has 1 aromatic heterocycles. The monoisotopic (exact) mass is 544 g/mol. The number of nitrogens with zero attached hydrogens (tertiary/aromatic N) is 2. The van der Waals surface area contributed by atoms with Gasteiger partial charge in [-0.2, -0.15) is 0 Å². The van der Waals surface area contributed by atoms with Gasteiger partial charge in [-0.25, -0.2) is 4.39 Å². The Morgan fingerprint density at radius 3 is 2.33 bits per heavy atom. The van der Waals surface area contributed by atoms with E-state index in [4.69, 9.17) is 19.2 Å². The van der Waals surface area contributed by atoms with Crippen LogP contribution in [-0.4, -0.2) is 47.3 Å². The van der Waals surface area contributed by atoms with Crippen molar-refractivity contribution in [1.82, 2.24) is 9.88 Å². The van der Waals surface area contributed by atoms with Gasteiger partial charge in [-0.15, -0.1) is 0 Å². The van der Waals surface area contributed by atoms with E-state index in [1.165, 1.54) is 12.1 Å². The lowest BCUT2D eigenvalue weighted by Crippen LogP contribution is -2.31. The van der Waals surface area contributed by atoms with E-state index in [1.807, 2.05) is 30.3 Å². The van der Waals surface area contributed by atoms with E-state index in [2.05, 4.69) is 0 Å². The highest BCUT2D eigenvalue weighted by atomic mass is 19.1. The Morgan fingerprint density at radius 1 is 0.975 bits per heavy atom. The van der Waals surface area contributed by atoms with Crippen molar-refractivity contribution in [2.24, 2.45) is 0 Å². The SMILES string of the molecule is COc1ccc(COc2c3c(c(OC)c4cc(Cc5ccc(F)cc5)cnc24)CN(CCC(C)(C)O)C3=O)cc1. The van der Waals surface area contributed by atoms with Crippen LogP contribution in [0.2, 0.25) is 0 Å². The van der Waals surface area contributed by atoms with Gasteiger partial charge in [0.15, 0.2) is 5.75 Å². The molecule has 4 aromatic rings. The first-order chi connectivity index (χ1) is 19.2. The number of hydrogen-bond acceptors (Lipinski definition) is 6. The number of hydrogen-bond donors (Lipinski definition) is 1. The third-order valence-corrected chi connectivity index (χ3v) is 7.12. The fourth-order valence-electron chi connectivity index (χ4n) is 4.97. The number of pyridine rings is 1. The molecule has 0 bridgehead atoms. The summed E-state index contributed by atoms with van der Waals surface area (Å²) in [4.78, 5) is 20.2. The zero-order valence-electron chi connectivity index (χ0n) is 23.2. The minimum atomic E-state index is -0.908. The van der Waals surface area contributed by atoms with Crippen LogP contribution in [0.5, 0.6) is 17.2 Å². The van der Waals surface area contributed by atoms with Gasteiger partial charge >= 0.3 is 0 Å². The second-order valence-electron chi connectivity index (χ2n) is 10.7. The van der Waals surface area contributed by atoms with Crippen molar-refractivity contribution in [2.45, 2.75) is 45.4 Å². The predicted octanol–water partition coefficient (Wildman–Crippen LogP) is 5.68. The Labute approximate surface area is 233 Å². The van der Waals surface area contributed by atoms with Gasteiger partial charge in [-0.3, -0.25) is 9.78 Å². The summed E-state index contributed by atoms with van der Waals surface area (Å²) in [7, 11) is 3.20. The molecule has 7 nitrogen and oxygen atoms in total. The summed E-state index contributed by atoms with van der Waals surface area (Å²) < 4.78 is 30.9. The zero-order valence-corrected chi connectivity index (χ0v) is 23.2. The lowest BCUT2D eigenvalue weighted by atomic mass is 9.99. The third-order valence-electron chi connectivity index (χ3n) is 7.12. The summed E-state index contributed by atoms with van der Waals surface area (Å²) in [5, 5.41) is 11.0. The van der Waals surface area contributed by atoms with Crippen LogP contribution < -0.4 is 14.2 Å². The molecule has 0 saturated heterocycles. The van der Waals surface area contributed by atoms with E-state index < -0.39 is 5.60 Å². The van der Waals surface area contributed by atoms with Crippen molar-refractivity contribution < 1.29 is 28.5 Å². The van der Waals surface area contributed by atoms with E-state index in [9.17, 15) is 14.3 Å². The van der Waals surface area contributed by atoms with Gasteiger partial charge in [0.05, 0.1) is 31.9 Å². The summed E-state index contributed by atoms with van der Waals surface area (Å²) in [5.41, 5.74) is 3.58. The highest BCUT2D eigenvalue weighted by molar-refractivity contribution is 6.09. The third kappa shape index (κ3) is 5.72. The Hall–Kier alpha value is -4.17. The van der Waals surface area contributed by atoms with E-state index in [-0.39, 0.29) is 18.3 Å². The largest absolute Gasteiger partial charge is 0.497 e. The number of carbonyl (C=O) groups is 1. The van der Waals surface area contributed by atoms with Gasteiger partial charge in [-0.05, 0) is 73.7 Å². The molecule has 40 heavy (non-hydrogen) atoms. The number of rotatable bonds is 10. The van der Waals surface area contributed by atoms with Crippen LogP contribution in [-0.2, 0) is 19.6 Å². The van der Waals surface area contributed by atoms with Crippen LogP contribution >= 0.6 is 0 Å². The smallest absolute Gasteiger partial charge is 0.258 e. The lowest BCUT2D eigenvalue weighted by Gasteiger charge is -2.22. The molecule has 1 aliphatic heterocycles. The van der Waals surface area contributed by atoms with Crippen molar-refractivity contribution in [1.29, 1.82) is 0 Å². The average molecular weight is 545 g/mol. The molecule has 1 aliphatic rings. The number of benzene rings is 3. The van der Waals surface area contributed by atoms with Crippen molar-refractivity contribution in [3.8, 4) is 17.2 Å². The second kappa shape index (κ2) is 11.1. The van der Waals surface area contributed by atoms with Gasteiger partial charge in [-0.1, -0.05) is 24.3 Å². The van der Waals surface area contributed by atoms with E-state index in [0.29, 0.717) is 48.5 Å². The molecule has 3 aromatic carbocycles. The van der Waals surface area contributed by atoms with E-state index in [0.717, 1.165) is 33.4 Å². The molecule has 1 N–H and O–H groups in total. The zero-order chi connectivity index (χ0) is 28.4. The van der Waals surface area contributed by atoms with Crippen LogP contribution in [0, 0.1) is 5.82 Å². The van der Waals surface area contributed by atoms with E-state index in [1.54, 1.807) is 51.3 Å². The van der Waals surface area contributed by atoms with Gasteiger partial charge in [0, 0.05) is 23.7 Å². The summed E-state index contributed by atoms with van der Waals surface area (Å²) in [6.07, 6.45) is 2.74. The Bertz CT molecular complexity index is 1530. The number of methoxy groups -OCH3 is 2. The van der Waals surface area contributed by atoms with Gasteiger partial charge in [0.25, 0.3) is 5.91 Å². The molecule has 208 valence electrons. The molecule has 0 aliphatic carbocycles. The second-order valence-corrected chi connectivity index (χ2v) is 10.7. The van der Waals surface area contributed by atoms with Gasteiger partial charge in [0.1, 0.15) is 29.4 Å². The molecule has 0 spiro atoms. The number of aliphatic hydroxyl groups is 1. The first kappa shape index (κ1) is 27.4. The standard InChI is InChI=1S/C32H33FN2O5/c1-32(2,37)13-14-35-18-26-27(31(35)36)30(40-19-21-7-11-24(38-3)12-8-21)28-25(29(26)39-4)16-22(17-34-28)15-20-5-9-23(33)10-6-20/h5-12,16-17,37H,13-15,18-19H2,1-4H3. The first-order valence-electron chi connectivity index (χ1n) is 13.2. The van der Waals surface area contributed by atoms with Crippen molar-refractivity contribution in [3.05, 3.63) is 94.4 Å². The fraction of sp³-hybridized carbons (Fsp3) is 0.312. The number of ether oxygens (including phenoxy) is 3. The minimum Gasteiger partial charge on any atom is -0.497 e. The Kier molecular flexibility index (Phi) is 7.63. The molecule has 0 unspecified atom stereocenters. The summed E-state index contributed by atoms with van der Waals surface area (Å²) in [6.45, 7) is 4.41. The Balaban J connectivity index is 1.57. The molecule has 2 heterocycles. The van der Waals surface area contributed by atoms with Gasteiger partial charge in [0.2, 0.25) is 0 Å². The molecule has 0 radical (unpaired) electrons. The number of aromatic nitrogens is 1. The molecule has 0 atom stereocenters. The number of carbonyl (C=O) groups excluding carboxylic acids is 1. The molecule has 1 amide bonds. The molecule has 5 rings (SSSR count). The lowest BCUT2D eigenvalue weighted by molar-refractivity contribution is 0.0516. The van der Waals surface area contributed by atoms with Crippen molar-refractivity contribution in [3.63, 3.8) is 0 Å². The maximum Gasteiger partial charge on any atom is 0.258 e.